The maximum absolute atomic E-state index is 13.1. The summed E-state index contributed by atoms with van der Waals surface area (Å²) in [6, 6.07) is 10.4. The van der Waals surface area contributed by atoms with Gasteiger partial charge in [0.25, 0.3) is 0 Å². The Morgan fingerprint density at radius 2 is 2.22 bits per heavy atom. The van der Waals surface area contributed by atoms with Crippen molar-refractivity contribution in [3.8, 4) is 6.07 Å². The zero-order chi connectivity index (χ0) is 13.0. The van der Waals surface area contributed by atoms with Crippen molar-refractivity contribution in [2.75, 3.05) is 6.54 Å². The second-order valence-electron chi connectivity index (χ2n) is 4.17. The number of halogens is 1. The number of carbonyl (C=O) groups is 1. The Morgan fingerprint density at radius 1 is 1.50 bits per heavy atom. The summed E-state index contributed by atoms with van der Waals surface area (Å²) in [5, 5.41) is 8.82. The minimum atomic E-state index is -1.14. The molecule has 18 heavy (non-hydrogen) atoms. The Morgan fingerprint density at radius 3 is 2.89 bits per heavy atom. The van der Waals surface area contributed by atoms with Gasteiger partial charge in [-0.3, -0.25) is 4.90 Å². The van der Waals surface area contributed by atoms with Gasteiger partial charge in [0, 0.05) is 6.42 Å². The van der Waals surface area contributed by atoms with Crippen LogP contribution in [0, 0.1) is 11.3 Å². The first-order valence-electron chi connectivity index (χ1n) is 5.71. The number of hydrogen-bond donors (Lipinski definition) is 0. The Balaban J connectivity index is 1.91. The molecule has 0 bridgehead atoms. The van der Waals surface area contributed by atoms with Gasteiger partial charge in [0.1, 0.15) is 18.8 Å². The van der Waals surface area contributed by atoms with Crippen LogP contribution in [-0.2, 0) is 11.3 Å². The third-order valence-electron chi connectivity index (χ3n) is 2.84. The van der Waals surface area contributed by atoms with E-state index in [0.717, 1.165) is 10.5 Å². The Bertz CT molecular complexity index is 458. The first kappa shape index (κ1) is 12.4. The average Bonchev–Trinajstić information content (AvgIpc) is 2.78. The van der Waals surface area contributed by atoms with E-state index in [-0.39, 0.29) is 19.6 Å². The van der Waals surface area contributed by atoms with Crippen LogP contribution in [0.3, 0.4) is 0 Å². The molecule has 1 aliphatic rings. The molecule has 0 aromatic heterocycles. The summed E-state index contributed by atoms with van der Waals surface area (Å²) in [5.74, 6) is 0. The number of hydrogen-bond acceptors (Lipinski definition) is 3. The summed E-state index contributed by atoms with van der Waals surface area (Å²) in [6.07, 6.45) is -1.71. The van der Waals surface area contributed by atoms with Crippen LogP contribution < -0.4 is 0 Å². The lowest BCUT2D eigenvalue weighted by atomic mass is 10.2. The smallest absolute Gasteiger partial charge is 0.411 e. The predicted molar refractivity (Wildman–Crippen MR) is 62.2 cm³/mol. The maximum Gasteiger partial charge on any atom is 0.411 e. The van der Waals surface area contributed by atoms with Gasteiger partial charge in [0.2, 0.25) is 0 Å². The summed E-state index contributed by atoms with van der Waals surface area (Å²) in [6.45, 7) is 0.0666. The molecule has 1 amide bonds. The maximum atomic E-state index is 13.1. The number of benzene rings is 1. The van der Waals surface area contributed by atoms with Crippen LogP contribution in [0.25, 0.3) is 0 Å². The highest BCUT2D eigenvalue weighted by Crippen LogP contribution is 2.21. The molecule has 2 atom stereocenters. The Kier molecular flexibility index (Phi) is 3.78. The molecule has 5 heteroatoms. The van der Waals surface area contributed by atoms with Crippen LogP contribution in [0.5, 0.6) is 0 Å². The molecular formula is C13H13FN2O2. The van der Waals surface area contributed by atoms with Crippen LogP contribution >= 0.6 is 0 Å². The molecule has 1 aromatic carbocycles. The van der Waals surface area contributed by atoms with Crippen molar-refractivity contribution in [2.24, 2.45) is 0 Å². The molecule has 1 saturated heterocycles. The molecule has 1 fully saturated rings. The summed E-state index contributed by atoms with van der Waals surface area (Å²) in [5.41, 5.74) is 0.857. The molecule has 1 aromatic rings. The summed E-state index contributed by atoms with van der Waals surface area (Å²) in [4.78, 5) is 12.9. The second kappa shape index (κ2) is 5.50. The van der Waals surface area contributed by atoms with Crippen molar-refractivity contribution in [1.82, 2.24) is 4.90 Å². The number of rotatable bonds is 2. The summed E-state index contributed by atoms with van der Waals surface area (Å²) < 4.78 is 18.2. The standard InChI is InChI=1S/C13H13FN2O2/c14-11-6-12(7-15)16(8-11)13(17)18-9-10-4-2-1-3-5-10/h1-5,11-12H,6,8-9H2/t11-,12+/m0/s1. The monoisotopic (exact) mass is 248 g/mol. The lowest BCUT2D eigenvalue weighted by molar-refractivity contribution is 0.0963. The van der Waals surface area contributed by atoms with Crippen molar-refractivity contribution < 1.29 is 13.9 Å². The first-order valence-corrected chi connectivity index (χ1v) is 5.71. The van der Waals surface area contributed by atoms with Gasteiger partial charge in [0.05, 0.1) is 12.6 Å². The van der Waals surface area contributed by atoms with E-state index < -0.39 is 18.3 Å². The SMILES string of the molecule is N#C[C@H]1C[C@H](F)CN1C(=O)OCc1ccccc1. The highest BCUT2D eigenvalue weighted by molar-refractivity contribution is 5.69. The van der Waals surface area contributed by atoms with Gasteiger partial charge in [-0.2, -0.15) is 5.26 Å². The molecule has 2 rings (SSSR count). The van der Waals surface area contributed by atoms with Crippen LogP contribution in [0.2, 0.25) is 0 Å². The number of ether oxygens (including phenoxy) is 1. The summed E-state index contributed by atoms with van der Waals surface area (Å²) in [7, 11) is 0. The molecule has 0 radical (unpaired) electrons. The van der Waals surface area contributed by atoms with E-state index in [9.17, 15) is 9.18 Å². The minimum Gasteiger partial charge on any atom is -0.445 e. The fourth-order valence-electron chi connectivity index (χ4n) is 1.91. The number of nitrogens with zero attached hydrogens (tertiary/aromatic N) is 2. The molecule has 4 nitrogen and oxygen atoms in total. The molecule has 94 valence electrons. The Hall–Kier alpha value is -2.09. The number of likely N-dealkylation sites (tertiary alicyclic amines) is 1. The molecule has 1 heterocycles. The van der Waals surface area contributed by atoms with Crippen molar-refractivity contribution in [2.45, 2.75) is 25.2 Å². The first-order chi connectivity index (χ1) is 8.70. The summed E-state index contributed by atoms with van der Waals surface area (Å²) >= 11 is 0. The largest absolute Gasteiger partial charge is 0.445 e. The Labute approximate surface area is 105 Å². The molecular weight excluding hydrogens is 235 g/mol. The van der Waals surface area contributed by atoms with Gasteiger partial charge in [-0.25, -0.2) is 9.18 Å². The number of nitriles is 1. The number of carbonyl (C=O) groups excluding carboxylic acids is 1. The van der Waals surface area contributed by atoms with Crippen molar-refractivity contribution >= 4 is 6.09 Å². The van der Waals surface area contributed by atoms with Crippen LogP contribution in [0.1, 0.15) is 12.0 Å². The van der Waals surface area contributed by atoms with E-state index in [2.05, 4.69) is 0 Å². The predicted octanol–water partition coefficient (Wildman–Crippen LogP) is 2.26. The van der Waals surface area contributed by atoms with E-state index in [1.807, 2.05) is 36.4 Å². The quantitative estimate of drug-likeness (QED) is 0.806. The van der Waals surface area contributed by atoms with Crippen molar-refractivity contribution in [1.29, 1.82) is 5.26 Å². The van der Waals surface area contributed by atoms with Gasteiger partial charge in [-0.15, -0.1) is 0 Å². The molecule has 0 spiro atoms. The minimum absolute atomic E-state index is 0.0636. The van der Waals surface area contributed by atoms with E-state index in [0.29, 0.717) is 0 Å². The zero-order valence-electron chi connectivity index (χ0n) is 9.75. The zero-order valence-corrected chi connectivity index (χ0v) is 9.75. The van der Waals surface area contributed by atoms with E-state index >= 15 is 0 Å². The molecule has 0 N–H and O–H groups in total. The molecule has 0 unspecified atom stereocenters. The van der Waals surface area contributed by atoms with Crippen LogP contribution in [0.4, 0.5) is 9.18 Å². The third-order valence-corrected chi connectivity index (χ3v) is 2.84. The van der Waals surface area contributed by atoms with Crippen LogP contribution in [0.15, 0.2) is 30.3 Å². The van der Waals surface area contributed by atoms with Gasteiger partial charge < -0.3 is 4.74 Å². The van der Waals surface area contributed by atoms with Crippen molar-refractivity contribution in [3.05, 3.63) is 35.9 Å². The third kappa shape index (κ3) is 2.77. The molecule has 0 saturated carbocycles. The molecule has 1 aliphatic heterocycles. The van der Waals surface area contributed by atoms with E-state index in [4.69, 9.17) is 10.00 Å². The van der Waals surface area contributed by atoms with Gasteiger partial charge in [-0.05, 0) is 5.56 Å². The normalized spacial score (nSPS) is 22.6. The molecule has 0 aliphatic carbocycles. The average molecular weight is 248 g/mol. The number of amides is 1. The van der Waals surface area contributed by atoms with Crippen LogP contribution in [-0.4, -0.2) is 29.8 Å². The fraction of sp³-hybridized carbons (Fsp3) is 0.385. The van der Waals surface area contributed by atoms with Crippen molar-refractivity contribution in [3.63, 3.8) is 0 Å². The van der Waals surface area contributed by atoms with Gasteiger partial charge in [0.15, 0.2) is 0 Å². The number of alkyl halides is 1. The topological polar surface area (TPSA) is 53.3 Å². The highest BCUT2D eigenvalue weighted by Gasteiger charge is 2.36. The fourth-order valence-corrected chi connectivity index (χ4v) is 1.91. The lowest BCUT2D eigenvalue weighted by Crippen LogP contribution is -2.35. The second-order valence-corrected chi connectivity index (χ2v) is 4.17. The highest BCUT2D eigenvalue weighted by atomic mass is 19.1. The lowest BCUT2D eigenvalue weighted by Gasteiger charge is -2.18. The van der Waals surface area contributed by atoms with E-state index in [1.54, 1.807) is 0 Å². The van der Waals surface area contributed by atoms with Gasteiger partial charge in [-0.1, -0.05) is 30.3 Å². The van der Waals surface area contributed by atoms with Gasteiger partial charge >= 0.3 is 6.09 Å². The van der Waals surface area contributed by atoms with E-state index in [1.165, 1.54) is 0 Å².